The van der Waals surface area contributed by atoms with Crippen molar-refractivity contribution in [2.45, 2.75) is 13.5 Å². The highest BCUT2D eigenvalue weighted by Gasteiger charge is 2.09. The summed E-state index contributed by atoms with van der Waals surface area (Å²) in [7, 11) is 3.25. The maximum atomic E-state index is 5.35. The molecule has 0 saturated carbocycles. The Balaban J connectivity index is 1.65. The van der Waals surface area contributed by atoms with Gasteiger partial charge in [-0.05, 0) is 24.6 Å². The lowest BCUT2D eigenvalue weighted by molar-refractivity contribution is 0.395. The molecule has 0 aliphatic rings. The van der Waals surface area contributed by atoms with E-state index in [1.807, 2.05) is 42.5 Å². The molecule has 3 aromatic carbocycles. The van der Waals surface area contributed by atoms with Gasteiger partial charge in [-0.2, -0.15) is 4.98 Å². The largest absolute Gasteiger partial charge is 0.497 e. The Morgan fingerprint density at radius 1 is 0.833 bits per heavy atom. The smallest absolute Gasteiger partial charge is 0.229 e. The molecule has 6 heteroatoms. The average molecular weight is 400 g/mol. The van der Waals surface area contributed by atoms with Crippen LogP contribution >= 0.6 is 0 Å². The number of rotatable bonds is 7. The number of ether oxygens (including phenoxy) is 2. The summed E-state index contributed by atoms with van der Waals surface area (Å²) in [6.07, 6.45) is 0. The summed E-state index contributed by atoms with van der Waals surface area (Å²) in [5, 5.41) is 7.69. The summed E-state index contributed by atoms with van der Waals surface area (Å²) in [5.41, 5.74) is 4.07. The van der Waals surface area contributed by atoms with E-state index in [9.17, 15) is 0 Å². The topological polar surface area (TPSA) is 68.3 Å². The molecule has 0 atom stereocenters. The minimum absolute atomic E-state index is 0.496. The highest BCUT2D eigenvalue weighted by atomic mass is 16.5. The molecule has 0 spiro atoms. The number of hydrogen-bond donors (Lipinski definition) is 2. The maximum Gasteiger partial charge on any atom is 0.229 e. The van der Waals surface area contributed by atoms with Gasteiger partial charge in [0.05, 0.1) is 19.7 Å². The van der Waals surface area contributed by atoms with Crippen molar-refractivity contribution >= 4 is 28.4 Å². The van der Waals surface area contributed by atoms with Gasteiger partial charge in [0.2, 0.25) is 5.95 Å². The number of benzene rings is 3. The van der Waals surface area contributed by atoms with E-state index in [0.717, 1.165) is 22.4 Å². The molecule has 0 saturated heterocycles. The van der Waals surface area contributed by atoms with E-state index >= 15 is 0 Å². The van der Waals surface area contributed by atoms with Gasteiger partial charge in [0.1, 0.15) is 17.3 Å². The van der Waals surface area contributed by atoms with Crippen LogP contribution in [0, 0.1) is 6.92 Å². The summed E-state index contributed by atoms with van der Waals surface area (Å²) in [6.45, 7) is 2.76. The van der Waals surface area contributed by atoms with Gasteiger partial charge in [-0.3, -0.25) is 0 Å². The average Bonchev–Trinajstić information content (AvgIpc) is 2.78. The van der Waals surface area contributed by atoms with E-state index in [4.69, 9.17) is 14.5 Å². The molecule has 0 unspecified atom stereocenters. The van der Waals surface area contributed by atoms with Gasteiger partial charge in [-0.15, -0.1) is 0 Å². The number of hydrogen-bond acceptors (Lipinski definition) is 6. The van der Waals surface area contributed by atoms with Crippen LogP contribution in [0.2, 0.25) is 0 Å². The van der Waals surface area contributed by atoms with Crippen LogP contribution < -0.4 is 20.1 Å². The van der Waals surface area contributed by atoms with E-state index in [1.54, 1.807) is 14.2 Å². The Morgan fingerprint density at radius 3 is 2.23 bits per heavy atom. The van der Waals surface area contributed by atoms with Gasteiger partial charge in [0.25, 0.3) is 0 Å². The molecule has 4 rings (SSSR count). The van der Waals surface area contributed by atoms with Gasteiger partial charge < -0.3 is 20.1 Å². The van der Waals surface area contributed by atoms with E-state index in [1.165, 1.54) is 11.1 Å². The predicted octanol–water partition coefficient (Wildman–Crippen LogP) is 5.31. The first kappa shape index (κ1) is 19.5. The first-order valence-corrected chi connectivity index (χ1v) is 9.71. The van der Waals surface area contributed by atoms with E-state index < -0.39 is 0 Å². The lowest BCUT2D eigenvalue weighted by atomic mass is 10.1. The first-order valence-electron chi connectivity index (χ1n) is 9.71. The monoisotopic (exact) mass is 400 g/mol. The van der Waals surface area contributed by atoms with Crippen molar-refractivity contribution in [3.63, 3.8) is 0 Å². The zero-order chi connectivity index (χ0) is 20.9. The van der Waals surface area contributed by atoms with Gasteiger partial charge >= 0.3 is 0 Å². The second-order valence-electron chi connectivity index (χ2n) is 6.98. The number of aromatic nitrogens is 2. The van der Waals surface area contributed by atoms with Crippen molar-refractivity contribution in [3.8, 4) is 11.5 Å². The molecular weight excluding hydrogens is 376 g/mol. The van der Waals surface area contributed by atoms with Crippen LogP contribution in [0.5, 0.6) is 11.5 Å². The summed E-state index contributed by atoms with van der Waals surface area (Å²) < 4.78 is 10.7. The van der Waals surface area contributed by atoms with Crippen molar-refractivity contribution in [1.82, 2.24) is 9.97 Å². The molecule has 0 radical (unpaired) electrons. The van der Waals surface area contributed by atoms with Crippen molar-refractivity contribution in [3.05, 3.63) is 77.9 Å². The molecule has 0 aliphatic carbocycles. The Morgan fingerprint density at radius 2 is 1.53 bits per heavy atom. The zero-order valence-corrected chi connectivity index (χ0v) is 17.3. The van der Waals surface area contributed by atoms with Crippen molar-refractivity contribution in [2.24, 2.45) is 0 Å². The third-order valence-corrected chi connectivity index (χ3v) is 4.79. The molecule has 0 amide bonds. The fourth-order valence-corrected chi connectivity index (χ4v) is 3.17. The standard InChI is InChI=1S/C24H24N4O2/c1-16-8-10-17(11-9-16)15-25-23-21-6-4-5-7-22(21)27-24(28-23)26-18-12-19(29-2)14-20(13-18)30-3/h4-14H,15H2,1-3H3,(H2,25,26,27,28). The molecule has 2 N–H and O–H groups in total. The molecular formula is C24H24N4O2. The summed E-state index contributed by atoms with van der Waals surface area (Å²) in [4.78, 5) is 9.39. The van der Waals surface area contributed by atoms with Crippen molar-refractivity contribution < 1.29 is 9.47 Å². The number of aryl methyl sites for hydroxylation is 1. The number of para-hydroxylation sites is 1. The summed E-state index contributed by atoms with van der Waals surface area (Å²) in [5.74, 6) is 2.65. The number of anilines is 3. The zero-order valence-electron chi connectivity index (χ0n) is 17.3. The minimum Gasteiger partial charge on any atom is -0.497 e. The Kier molecular flexibility index (Phi) is 5.66. The van der Waals surface area contributed by atoms with Gasteiger partial charge in [-0.25, -0.2) is 4.98 Å². The number of fused-ring (bicyclic) bond motifs is 1. The third kappa shape index (κ3) is 4.43. The molecule has 6 nitrogen and oxygen atoms in total. The molecule has 0 aliphatic heterocycles. The quantitative estimate of drug-likeness (QED) is 0.438. The highest BCUT2D eigenvalue weighted by Crippen LogP contribution is 2.29. The van der Waals surface area contributed by atoms with Crippen molar-refractivity contribution in [2.75, 3.05) is 24.9 Å². The molecule has 1 aromatic heterocycles. The number of methoxy groups -OCH3 is 2. The molecule has 4 aromatic rings. The lowest BCUT2D eigenvalue weighted by Crippen LogP contribution is -2.06. The van der Waals surface area contributed by atoms with E-state index in [-0.39, 0.29) is 0 Å². The first-order chi connectivity index (χ1) is 14.6. The lowest BCUT2D eigenvalue weighted by Gasteiger charge is -2.13. The Hall–Kier alpha value is -3.80. The number of nitrogens with zero attached hydrogens (tertiary/aromatic N) is 2. The van der Waals surface area contributed by atoms with Gasteiger partial charge in [0, 0.05) is 35.8 Å². The number of nitrogens with one attached hydrogen (secondary N) is 2. The molecule has 152 valence electrons. The SMILES string of the molecule is COc1cc(Nc2nc(NCc3ccc(C)cc3)c3ccccc3n2)cc(OC)c1. The third-order valence-electron chi connectivity index (χ3n) is 4.79. The Bertz CT molecular complexity index is 1140. The molecule has 0 fully saturated rings. The second kappa shape index (κ2) is 8.69. The summed E-state index contributed by atoms with van der Waals surface area (Å²) in [6, 6.07) is 22.0. The highest BCUT2D eigenvalue weighted by molar-refractivity contribution is 5.90. The second-order valence-corrected chi connectivity index (χ2v) is 6.98. The predicted molar refractivity (Wildman–Crippen MR) is 121 cm³/mol. The molecule has 1 heterocycles. The van der Waals surface area contributed by atoms with Gasteiger partial charge in [0.15, 0.2) is 0 Å². The molecule has 30 heavy (non-hydrogen) atoms. The van der Waals surface area contributed by atoms with Crippen LogP contribution in [-0.4, -0.2) is 24.2 Å². The van der Waals surface area contributed by atoms with E-state index in [2.05, 4.69) is 46.8 Å². The van der Waals surface area contributed by atoms with E-state index in [0.29, 0.717) is 24.0 Å². The van der Waals surface area contributed by atoms with Crippen LogP contribution in [0.15, 0.2) is 66.7 Å². The fourth-order valence-electron chi connectivity index (χ4n) is 3.17. The van der Waals surface area contributed by atoms with Crippen LogP contribution in [0.1, 0.15) is 11.1 Å². The van der Waals surface area contributed by atoms with Crippen LogP contribution in [-0.2, 0) is 6.54 Å². The minimum atomic E-state index is 0.496. The van der Waals surface area contributed by atoms with Crippen LogP contribution in [0.3, 0.4) is 0 Å². The Labute approximate surface area is 175 Å². The van der Waals surface area contributed by atoms with Crippen molar-refractivity contribution in [1.29, 1.82) is 0 Å². The molecule has 0 bridgehead atoms. The van der Waals surface area contributed by atoms with Crippen LogP contribution in [0.25, 0.3) is 10.9 Å². The van der Waals surface area contributed by atoms with Crippen LogP contribution in [0.4, 0.5) is 17.5 Å². The van der Waals surface area contributed by atoms with Gasteiger partial charge in [-0.1, -0.05) is 42.0 Å². The normalized spacial score (nSPS) is 10.6. The summed E-state index contributed by atoms with van der Waals surface area (Å²) >= 11 is 0. The fraction of sp³-hybridized carbons (Fsp3) is 0.167. The maximum absolute atomic E-state index is 5.35.